The smallest absolute Gasteiger partial charge is 0.142 e. The van der Waals surface area contributed by atoms with E-state index in [1.165, 1.54) is 12.1 Å². The van der Waals surface area contributed by atoms with Crippen molar-refractivity contribution >= 4 is 32.7 Å². The molecule has 2 N–H and O–H groups in total. The van der Waals surface area contributed by atoms with Gasteiger partial charge in [-0.05, 0) is 37.3 Å². The van der Waals surface area contributed by atoms with Crippen LogP contribution in [0.5, 0.6) is 0 Å². The molecule has 0 saturated heterocycles. The predicted molar refractivity (Wildman–Crippen MR) is 82.9 cm³/mol. The molecule has 0 aliphatic carbocycles. The highest BCUT2D eigenvalue weighted by atomic mass is 79.9. The predicted octanol–water partition coefficient (Wildman–Crippen LogP) is 4.21. The molecule has 2 aromatic carbocycles. The normalized spacial score (nSPS) is 11.2. The SMILES string of the molecule is CCn1c(-c2cc(N)ccc2Br)nc2cc(F)ccc21. The Bertz CT molecular complexity index is 795. The van der Waals surface area contributed by atoms with E-state index < -0.39 is 0 Å². The zero-order chi connectivity index (χ0) is 14.3. The molecule has 0 bridgehead atoms. The van der Waals surface area contributed by atoms with E-state index in [4.69, 9.17) is 5.73 Å². The number of nitrogens with zero attached hydrogens (tertiary/aromatic N) is 2. The summed E-state index contributed by atoms with van der Waals surface area (Å²) in [6.45, 7) is 2.78. The van der Waals surface area contributed by atoms with E-state index in [0.29, 0.717) is 11.2 Å². The lowest BCUT2D eigenvalue weighted by Crippen LogP contribution is -1.98. The van der Waals surface area contributed by atoms with Crippen molar-refractivity contribution in [3.05, 3.63) is 46.7 Å². The Morgan fingerprint density at radius 2 is 2.05 bits per heavy atom. The van der Waals surface area contributed by atoms with Gasteiger partial charge in [0.2, 0.25) is 0 Å². The van der Waals surface area contributed by atoms with Crippen LogP contribution in [0.4, 0.5) is 10.1 Å². The van der Waals surface area contributed by atoms with Gasteiger partial charge in [-0.2, -0.15) is 0 Å². The van der Waals surface area contributed by atoms with Crippen molar-refractivity contribution in [3.63, 3.8) is 0 Å². The maximum absolute atomic E-state index is 13.3. The zero-order valence-corrected chi connectivity index (χ0v) is 12.5. The van der Waals surface area contributed by atoms with Crippen LogP contribution in [0.25, 0.3) is 22.4 Å². The van der Waals surface area contributed by atoms with E-state index in [-0.39, 0.29) is 5.82 Å². The van der Waals surface area contributed by atoms with Gasteiger partial charge in [0.05, 0.1) is 11.0 Å². The van der Waals surface area contributed by atoms with Gasteiger partial charge in [0.15, 0.2) is 0 Å². The molecule has 3 aromatic rings. The van der Waals surface area contributed by atoms with Crippen LogP contribution in [-0.2, 0) is 6.54 Å². The van der Waals surface area contributed by atoms with Crippen LogP contribution in [0.2, 0.25) is 0 Å². The Balaban J connectivity index is 2.32. The van der Waals surface area contributed by atoms with Crippen LogP contribution in [0.15, 0.2) is 40.9 Å². The fourth-order valence-electron chi connectivity index (χ4n) is 2.34. The molecule has 0 aliphatic rings. The van der Waals surface area contributed by atoms with Crippen LogP contribution < -0.4 is 5.73 Å². The quantitative estimate of drug-likeness (QED) is 0.714. The molecule has 0 saturated carbocycles. The largest absolute Gasteiger partial charge is 0.399 e. The standard InChI is InChI=1S/C15H13BrFN3/c1-2-20-14-6-3-9(17)7-13(14)19-15(20)11-8-10(18)4-5-12(11)16/h3-8H,2,18H2,1H3. The summed E-state index contributed by atoms with van der Waals surface area (Å²) < 4.78 is 16.3. The Morgan fingerprint density at radius 1 is 1.25 bits per heavy atom. The summed E-state index contributed by atoms with van der Waals surface area (Å²) in [6, 6.07) is 10.2. The number of nitrogens with two attached hydrogens (primary N) is 1. The lowest BCUT2D eigenvalue weighted by molar-refractivity contribution is 0.629. The molecule has 3 nitrogen and oxygen atoms in total. The molecule has 20 heavy (non-hydrogen) atoms. The monoisotopic (exact) mass is 333 g/mol. The molecule has 5 heteroatoms. The van der Waals surface area contributed by atoms with E-state index in [1.54, 1.807) is 6.07 Å². The number of anilines is 1. The molecule has 0 unspecified atom stereocenters. The number of aryl methyl sites for hydroxylation is 1. The molecule has 0 radical (unpaired) electrons. The molecule has 0 amide bonds. The third kappa shape index (κ3) is 2.08. The number of hydrogen-bond acceptors (Lipinski definition) is 2. The highest BCUT2D eigenvalue weighted by Crippen LogP contribution is 2.32. The average molecular weight is 334 g/mol. The Morgan fingerprint density at radius 3 is 2.80 bits per heavy atom. The number of halogens is 2. The second kappa shape index (κ2) is 4.90. The summed E-state index contributed by atoms with van der Waals surface area (Å²) in [5.74, 6) is 0.503. The second-order valence-corrected chi connectivity index (χ2v) is 5.41. The van der Waals surface area contributed by atoms with E-state index in [2.05, 4.69) is 20.9 Å². The maximum atomic E-state index is 13.3. The topological polar surface area (TPSA) is 43.8 Å². The van der Waals surface area contributed by atoms with E-state index in [0.717, 1.165) is 27.9 Å². The van der Waals surface area contributed by atoms with Crippen molar-refractivity contribution in [2.45, 2.75) is 13.5 Å². The van der Waals surface area contributed by atoms with Crippen LogP contribution in [0.1, 0.15) is 6.92 Å². The van der Waals surface area contributed by atoms with Gasteiger partial charge in [-0.15, -0.1) is 0 Å². The Hall–Kier alpha value is -1.88. The van der Waals surface area contributed by atoms with Crippen LogP contribution in [0, 0.1) is 5.82 Å². The lowest BCUT2D eigenvalue weighted by atomic mass is 10.2. The van der Waals surface area contributed by atoms with Crippen molar-refractivity contribution in [1.82, 2.24) is 9.55 Å². The number of benzene rings is 2. The fourth-order valence-corrected chi connectivity index (χ4v) is 2.77. The number of rotatable bonds is 2. The summed E-state index contributed by atoms with van der Waals surface area (Å²) in [5.41, 5.74) is 9.00. The summed E-state index contributed by atoms with van der Waals surface area (Å²) >= 11 is 3.52. The van der Waals surface area contributed by atoms with Gasteiger partial charge in [-0.1, -0.05) is 15.9 Å². The highest BCUT2D eigenvalue weighted by Gasteiger charge is 2.14. The van der Waals surface area contributed by atoms with Crippen molar-refractivity contribution in [3.8, 4) is 11.4 Å². The zero-order valence-electron chi connectivity index (χ0n) is 10.9. The van der Waals surface area contributed by atoms with Gasteiger partial charge in [0.1, 0.15) is 11.6 Å². The number of nitrogen functional groups attached to an aromatic ring is 1. The molecular formula is C15H13BrFN3. The van der Waals surface area contributed by atoms with Gasteiger partial charge in [-0.25, -0.2) is 9.37 Å². The second-order valence-electron chi connectivity index (χ2n) is 4.55. The molecule has 0 aliphatic heterocycles. The number of hydrogen-bond donors (Lipinski definition) is 1. The molecular weight excluding hydrogens is 321 g/mol. The molecule has 0 spiro atoms. The molecule has 1 aromatic heterocycles. The molecule has 0 atom stereocenters. The first kappa shape index (κ1) is 13.1. The van der Waals surface area contributed by atoms with Gasteiger partial charge >= 0.3 is 0 Å². The minimum Gasteiger partial charge on any atom is -0.399 e. The van der Waals surface area contributed by atoms with E-state index in [9.17, 15) is 4.39 Å². The van der Waals surface area contributed by atoms with Crippen LogP contribution in [-0.4, -0.2) is 9.55 Å². The molecule has 3 rings (SSSR count). The van der Waals surface area contributed by atoms with E-state index in [1.807, 2.05) is 29.7 Å². The van der Waals surface area contributed by atoms with Crippen LogP contribution >= 0.6 is 15.9 Å². The van der Waals surface area contributed by atoms with Gasteiger partial charge in [-0.3, -0.25) is 0 Å². The van der Waals surface area contributed by atoms with Crippen LogP contribution in [0.3, 0.4) is 0 Å². The number of aromatic nitrogens is 2. The lowest BCUT2D eigenvalue weighted by Gasteiger charge is -2.08. The van der Waals surface area contributed by atoms with Crippen molar-refractivity contribution < 1.29 is 4.39 Å². The first-order valence-corrected chi connectivity index (χ1v) is 7.10. The van der Waals surface area contributed by atoms with Gasteiger partial charge in [0, 0.05) is 28.3 Å². The Labute approximate surface area is 124 Å². The highest BCUT2D eigenvalue weighted by molar-refractivity contribution is 9.10. The number of fused-ring (bicyclic) bond motifs is 1. The Kier molecular flexibility index (Phi) is 3.22. The average Bonchev–Trinajstić information content (AvgIpc) is 2.78. The molecule has 1 heterocycles. The molecule has 0 fully saturated rings. The summed E-state index contributed by atoms with van der Waals surface area (Å²) in [6.07, 6.45) is 0. The van der Waals surface area contributed by atoms with E-state index >= 15 is 0 Å². The third-order valence-corrected chi connectivity index (χ3v) is 3.95. The van der Waals surface area contributed by atoms with Crippen molar-refractivity contribution in [2.75, 3.05) is 5.73 Å². The third-order valence-electron chi connectivity index (χ3n) is 3.26. The number of imidazole rings is 1. The first-order valence-electron chi connectivity index (χ1n) is 6.31. The summed E-state index contributed by atoms with van der Waals surface area (Å²) in [7, 11) is 0. The molecule has 102 valence electrons. The van der Waals surface area contributed by atoms with Crippen molar-refractivity contribution in [2.24, 2.45) is 0 Å². The minimum atomic E-state index is -0.281. The maximum Gasteiger partial charge on any atom is 0.142 e. The minimum absolute atomic E-state index is 0.281. The van der Waals surface area contributed by atoms with Gasteiger partial charge in [0.25, 0.3) is 0 Å². The summed E-state index contributed by atoms with van der Waals surface area (Å²) in [5, 5.41) is 0. The fraction of sp³-hybridized carbons (Fsp3) is 0.133. The summed E-state index contributed by atoms with van der Waals surface area (Å²) in [4.78, 5) is 4.55. The van der Waals surface area contributed by atoms with Crippen molar-refractivity contribution in [1.29, 1.82) is 0 Å². The first-order chi connectivity index (χ1) is 9.60. The van der Waals surface area contributed by atoms with Gasteiger partial charge < -0.3 is 10.3 Å².